The zero-order chi connectivity index (χ0) is 21.2. The summed E-state index contributed by atoms with van der Waals surface area (Å²) in [6, 6.07) is 6.96. The van der Waals surface area contributed by atoms with Crippen LogP contribution >= 0.6 is 0 Å². The summed E-state index contributed by atoms with van der Waals surface area (Å²) in [6.45, 7) is 10.4. The molecule has 158 valence electrons. The zero-order valence-corrected chi connectivity index (χ0v) is 18.9. The predicted molar refractivity (Wildman–Crippen MR) is 118 cm³/mol. The van der Waals surface area contributed by atoms with Crippen molar-refractivity contribution in [2.24, 2.45) is 5.92 Å². The molecule has 1 N–H and O–H groups in total. The fourth-order valence-electron chi connectivity index (χ4n) is 3.76. The molecule has 2 aliphatic rings. The highest BCUT2D eigenvalue weighted by atomic mass is 28.3. The van der Waals surface area contributed by atoms with E-state index in [1.165, 1.54) is 4.90 Å². The molecule has 1 unspecified atom stereocenters. The summed E-state index contributed by atoms with van der Waals surface area (Å²) < 4.78 is 5.83. The number of rotatable bonds is 6. The Kier molecular flexibility index (Phi) is 6.48. The summed E-state index contributed by atoms with van der Waals surface area (Å²) in [5.41, 5.74) is 3.59. The van der Waals surface area contributed by atoms with E-state index in [1.807, 2.05) is 24.3 Å². The largest absolute Gasteiger partial charge is 0.465 e. The quantitative estimate of drug-likeness (QED) is 0.542. The first kappa shape index (κ1) is 21.6. The first-order chi connectivity index (χ1) is 13.7. The van der Waals surface area contributed by atoms with E-state index in [4.69, 9.17) is 4.74 Å². The predicted octanol–water partition coefficient (Wildman–Crippen LogP) is 4.64. The van der Waals surface area contributed by atoms with Gasteiger partial charge in [-0.3, -0.25) is 14.6 Å². The van der Waals surface area contributed by atoms with Crippen LogP contribution in [0.4, 0.5) is 10.5 Å². The van der Waals surface area contributed by atoms with Crippen LogP contribution < -0.4 is 4.90 Å². The number of allylic oxidation sites excluding steroid dienone is 1. The number of benzene rings is 1. The van der Waals surface area contributed by atoms with Gasteiger partial charge < -0.3 is 9.84 Å². The van der Waals surface area contributed by atoms with Gasteiger partial charge in [0.2, 0.25) is 5.91 Å². The Morgan fingerprint density at radius 3 is 2.72 bits per heavy atom. The average molecular weight is 417 g/mol. The number of amides is 2. The van der Waals surface area contributed by atoms with Crippen LogP contribution in [0.15, 0.2) is 24.3 Å². The van der Waals surface area contributed by atoms with Crippen LogP contribution in [0.25, 0.3) is 5.70 Å². The van der Waals surface area contributed by atoms with E-state index in [1.54, 1.807) is 4.90 Å². The van der Waals surface area contributed by atoms with E-state index in [-0.39, 0.29) is 12.6 Å². The number of carboxylic acid groups (broad SMARTS) is 1. The Balaban J connectivity index is 1.78. The minimum absolute atomic E-state index is 0.0797. The molecule has 0 saturated heterocycles. The number of carbonyl (C=O) groups excluding carboxylic acids is 1. The van der Waals surface area contributed by atoms with Crippen LogP contribution in [0.3, 0.4) is 0 Å². The van der Waals surface area contributed by atoms with Crippen molar-refractivity contribution in [3.05, 3.63) is 35.4 Å². The molecule has 1 aromatic rings. The molecule has 0 aliphatic carbocycles. The SMILES string of the molecule is CC1CC=C(c2ccc3c(c2)CCC(=O)N3COCC[Si](C)(C)C)N(C(=O)O)C1. The first-order valence-corrected chi connectivity index (χ1v) is 14.1. The minimum atomic E-state index is -1.17. The maximum atomic E-state index is 12.5. The van der Waals surface area contributed by atoms with Crippen molar-refractivity contribution in [1.82, 2.24) is 4.90 Å². The van der Waals surface area contributed by atoms with Gasteiger partial charge in [0.1, 0.15) is 6.73 Å². The minimum Gasteiger partial charge on any atom is -0.465 e. The third-order valence-electron chi connectivity index (χ3n) is 5.52. The Morgan fingerprint density at radius 1 is 1.28 bits per heavy atom. The summed E-state index contributed by atoms with van der Waals surface area (Å²) in [5.74, 6) is 0.394. The summed E-state index contributed by atoms with van der Waals surface area (Å²) >= 11 is 0. The van der Waals surface area contributed by atoms with Crippen molar-refractivity contribution >= 4 is 31.5 Å². The van der Waals surface area contributed by atoms with Gasteiger partial charge in [0.25, 0.3) is 0 Å². The summed E-state index contributed by atoms with van der Waals surface area (Å²) in [7, 11) is -1.17. The number of fused-ring (bicyclic) bond motifs is 1. The molecular formula is C22H32N2O4Si. The van der Waals surface area contributed by atoms with Crippen molar-refractivity contribution in [1.29, 1.82) is 0 Å². The number of aryl methyl sites for hydroxylation is 1. The highest BCUT2D eigenvalue weighted by molar-refractivity contribution is 6.76. The lowest BCUT2D eigenvalue weighted by Gasteiger charge is -2.32. The molecule has 0 spiro atoms. The molecule has 2 aliphatic heterocycles. The topological polar surface area (TPSA) is 70.1 Å². The highest BCUT2D eigenvalue weighted by Crippen LogP contribution is 2.34. The molecule has 0 fully saturated rings. The molecule has 29 heavy (non-hydrogen) atoms. The molecule has 1 aromatic carbocycles. The molecule has 2 amide bonds. The first-order valence-electron chi connectivity index (χ1n) is 10.4. The molecule has 2 heterocycles. The van der Waals surface area contributed by atoms with Gasteiger partial charge in [-0.05, 0) is 48.1 Å². The second-order valence-electron chi connectivity index (χ2n) is 9.34. The van der Waals surface area contributed by atoms with Crippen molar-refractivity contribution in [3.8, 4) is 0 Å². The van der Waals surface area contributed by atoms with Gasteiger partial charge in [-0.25, -0.2) is 4.79 Å². The molecule has 1 atom stereocenters. The van der Waals surface area contributed by atoms with Gasteiger partial charge in [0.05, 0.1) is 5.70 Å². The monoisotopic (exact) mass is 416 g/mol. The van der Waals surface area contributed by atoms with E-state index in [9.17, 15) is 14.7 Å². The highest BCUT2D eigenvalue weighted by Gasteiger charge is 2.28. The smallest absolute Gasteiger partial charge is 0.411 e. The van der Waals surface area contributed by atoms with E-state index in [0.717, 1.165) is 35.0 Å². The van der Waals surface area contributed by atoms with Crippen LogP contribution in [0.2, 0.25) is 25.7 Å². The Labute approximate surface area is 174 Å². The molecule has 7 heteroatoms. The maximum absolute atomic E-state index is 12.5. The number of ether oxygens (including phenoxy) is 1. The Hall–Kier alpha value is -2.12. The lowest BCUT2D eigenvalue weighted by molar-refractivity contribution is -0.120. The summed E-state index contributed by atoms with van der Waals surface area (Å²) in [4.78, 5) is 27.3. The standard InChI is InChI=1S/C22H32N2O4Si/c1-16-5-8-19(23(14-16)22(26)27)17-6-9-20-18(13-17)7-10-21(25)24(20)15-28-11-12-29(2,3)4/h6,8-9,13,16H,5,7,10-12,14-15H2,1-4H3,(H,26,27). The number of carbonyl (C=O) groups is 2. The second-order valence-corrected chi connectivity index (χ2v) is 15.0. The van der Waals surface area contributed by atoms with E-state index in [0.29, 0.717) is 31.9 Å². The van der Waals surface area contributed by atoms with Gasteiger partial charge in [0.15, 0.2) is 0 Å². The number of anilines is 1. The average Bonchev–Trinajstić information content (AvgIpc) is 2.65. The molecule has 0 saturated carbocycles. The third-order valence-corrected chi connectivity index (χ3v) is 7.23. The van der Waals surface area contributed by atoms with Crippen molar-refractivity contribution in [3.63, 3.8) is 0 Å². The molecule has 6 nitrogen and oxygen atoms in total. The number of nitrogens with zero attached hydrogens (tertiary/aromatic N) is 2. The normalized spacial score (nSPS) is 19.8. The zero-order valence-electron chi connectivity index (χ0n) is 17.9. The van der Waals surface area contributed by atoms with Gasteiger partial charge >= 0.3 is 6.09 Å². The van der Waals surface area contributed by atoms with Gasteiger partial charge in [0, 0.05) is 33.3 Å². The van der Waals surface area contributed by atoms with Gasteiger partial charge in [-0.15, -0.1) is 0 Å². The molecule has 0 aromatic heterocycles. The van der Waals surface area contributed by atoms with Gasteiger partial charge in [-0.2, -0.15) is 0 Å². The number of hydrogen-bond acceptors (Lipinski definition) is 3. The summed E-state index contributed by atoms with van der Waals surface area (Å²) in [5, 5.41) is 9.60. The molecule has 0 radical (unpaired) electrons. The number of hydrogen-bond donors (Lipinski definition) is 1. The van der Waals surface area contributed by atoms with Crippen LogP contribution in [0.5, 0.6) is 0 Å². The second kappa shape index (κ2) is 8.71. The van der Waals surface area contributed by atoms with Crippen molar-refractivity contribution < 1.29 is 19.4 Å². The molecule has 0 bridgehead atoms. The van der Waals surface area contributed by atoms with Crippen LogP contribution in [0.1, 0.15) is 30.9 Å². The van der Waals surface area contributed by atoms with E-state index in [2.05, 4.69) is 26.6 Å². The van der Waals surface area contributed by atoms with Crippen molar-refractivity contribution in [2.45, 2.75) is 51.9 Å². The Bertz CT molecular complexity index is 816. The lowest BCUT2D eigenvalue weighted by atomic mass is 9.94. The van der Waals surface area contributed by atoms with Gasteiger partial charge in [-0.1, -0.05) is 38.7 Å². The molecular weight excluding hydrogens is 384 g/mol. The maximum Gasteiger partial charge on any atom is 0.411 e. The third kappa shape index (κ3) is 5.28. The van der Waals surface area contributed by atoms with Crippen molar-refractivity contribution in [2.75, 3.05) is 24.8 Å². The molecule has 3 rings (SSSR count). The summed E-state index contributed by atoms with van der Waals surface area (Å²) in [6.07, 6.45) is 3.07. The van der Waals surface area contributed by atoms with Crippen LogP contribution in [0, 0.1) is 5.92 Å². The lowest BCUT2D eigenvalue weighted by Crippen LogP contribution is -2.38. The van der Waals surface area contributed by atoms with E-state index < -0.39 is 14.2 Å². The fraction of sp³-hybridized carbons (Fsp3) is 0.545. The Morgan fingerprint density at radius 2 is 2.03 bits per heavy atom. The van der Waals surface area contributed by atoms with Crippen LogP contribution in [-0.4, -0.2) is 50.0 Å². The fourth-order valence-corrected chi connectivity index (χ4v) is 4.51. The van der Waals surface area contributed by atoms with E-state index >= 15 is 0 Å². The van der Waals surface area contributed by atoms with Crippen LogP contribution in [-0.2, 0) is 16.0 Å².